The van der Waals surface area contributed by atoms with Gasteiger partial charge in [-0.25, -0.2) is 4.98 Å². The number of carbonyl (C=O) groups is 1. The van der Waals surface area contributed by atoms with E-state index in [1.807, 2.05) is 66.2 Å². The second kappa shape index (κ2) is 6.62. The number of rotatable bonds is 5. The predicted molar refractivity (Wildman–Crippen MR) is 88.0 cm³/mol. The van der Waals surface area contributed by atoms with Gasteiger partial charge in [-0.3, -0.25) is 4.79 Å². The maximum Gasteiger partial charge on any atom is 0.226 e. The average molecular weight is 309 g/mol. The highest BCUT2D eigenvalue weighted by Crippen LogP contribution is 2.16. The lowest BCUT2D eigenvalue weighted by molar-refractivity contribution is -0.120. The highest BCUT2D eigenvalue weighted by atomic mass is 16.3. The molecule has 0 saturated carbocycles. The van der Waals surface area contributed by atoms with Crippen LogP contribution in [0.2, 0.25) is 0 Å². The highest BCUT2D eigenvalue weighted by molar-refractivity contribution is 5.78. The number of aliphatic hydroxyl groups excluding tert-OH is 1. The van der Waals surface area contributed by atoms with Gasteiger partial charge in [0.15, 0.2) is 0 Å². The van der Waals surface area contributed by atoms with Crippen LogP contribution in [0.5, 0.6) is 0 Å². The molecule has 118 valence electrons. The van der Waals surface area contributed by atoms with Gasteiger partial charge in [0.25, 0.3) is 0 Å². The van der Waals surface area contributed by atoms with E-state index in [1.54, 1.807) is 0 Å². The van der Waals surface area contributed by atoms with Gasteiger partial charge in [0.2, 0.25) is 5.91 Å². The molecular weight excluding hydrogens is 290 g/mol. The van der Waals surface area contributed by atoms with Gasteiger partial charge in [0.05, 0.1) is 18.2 Å². The fraction of sp³-hybridized carbons (Fsp3) is 0.222. The minimum atomic E-state index is -0.707. The van der Waals surface area contributed by atoms with Crippen molar-refractivity contribution in [3.05, 3.63) is 71.7 Å². The summed E-state index contributed by atoms with van der Waals surface area (Å²) in [6, 6.07) is 13.3. The number of aliphatic hydroxyl groups is 1. The van der Waals surface area contributed by atoms with Crippen LogP contribution in [0.1, 0.15) is 22.9 Å². The van der Waals surface area contributed by atoms with E-state index in [2.05, 4.69) is 10.3 Å². The molecule has 0 spiro atoms. The number of benzene rings is 1. The summed E-state index contributed by atoms with van der Waals surface area (Å²) < 4.78 is 1.88. The van der Waals surface area contributed by atoms with Gasteiger partial charge in [-0.1, -0.05) is 30.3 Å². The normalized spacial score (nSPS) is 12.3. The molecule has 1 atom stereocenters. The largest absolute Gasteiger partial charge is 0.387 e. The molecule has 5 heteroatoms. The molecule has 3 aromatic rings. The number of pyridine rings is 1. The molecule has 2 heterocycles. The molecule has 2 aromatic heterocycles. The Morgan fingerprint density at radius 3 is 2.83 bits per heavy atom. The van der Waals surface area contributed by atoms with Crippen LogP contribution >= 0.6 is 0 Å². The Morgan fingerprint density at radius 1 is 1.26 bits per heavy atom. The van der Waals surface area contributed by atoms with E-state index in [9.17, 15) is 9.90 Å². The maximum absolute atomic E-state index is 12.0. The number of carbonyl (C=O) groups excluding carboxylic acids is 1. The summed E-state index contributed by atoms with van der Waals surface area (Å²) in [5.74, 6) is -0.152. The molecule has 0 aliphatic carbocycles. The van der Waals surface area contributed by atoms with Crippen molar-refractivity contribution >= 4 is 11.6 Å². The first-order valence-corrected chi connectivity index (χ1v) is 7.56. The summed E-state index contributed by atoms with van der Waals surface area (Å²) in [5, 5.41) is 13.0. The van der Waals surface area contributed by atoms with Gasteiger partial charge in [-0.05, 0) is 30.2 Å². The Bertz CT molecular complexity index is 793. The van der Waals surface area contributed by atoms with Crippen molar-refractivity contribution in [2.24, 2.45) is 0 Å². The first-order chi connectivity index (χ1) is 11.1. The van der Waals surface area contributed by atoms with Gasteiger partial charge in [0.1, 0.15) is 5.65 Å². The van der Waals surface area contributed by atoms with Crippen LogP contribution < -0.4 is 5.32 Å². The van der Waals surface area contributed by atoms with Crippen molar-refractivity contribution in [2.75, 3.05) is 6.54 Å². The van der Waals surface area contributed by atoms with Crippen molar-refractivity contribution in [2.45, 2.75) is 19.4 Å². The van der Waals surface area contributed by atoms with E-state index >= 15 is 0 Å². The number of hydrogen-bond acceptors (Lipinski definition) is 3. The monoisotopic (exact) mass is 309 g/mol. The molecule has 1 amide bonds. The SMILES string of the molecule is Cc1ccccc1C(O)CNC(=O)Cc1cn2ccccc2n1. The molecule has 0 bridgehead atoms. The summed E-state index contributed by atoms with van der Waals surface area (Å²) in [5.41, 5.74) is 3.37. The molecule has 0 saturated heterocycles. The lowest BCUT2D eigenvalue weighted by Crippen LogP contribution is -2.30. The third kappa shape index (κ3) is 3.57. The first kappa shape index (κ1) is 15.2. The summed E-state index contributed by atoms with van der Waals surface area (Å²) in [7, 11) is 0. The number of aromatic nitrogens is 2. The molecule has 0 aliphatic rings. The van der Waals surface area contributed by atoms with Crippen LogP contribution in [0.25, 0.3) is 5.65 Å². The zero-order chi connectivity index (χ0) is 16.2. The zero-order valence-corrected chi connectivity index (χ0v) is 12.9. The van der Waals surface area contributed by atoms with E-state index in [1.165, 1.54) is 0 Å². The number of nitrogens with one attached hydrogen (secondary N) is 1. The topological polar surface area (TPSA) is 66.6 Å². The van der Waals surface area contributed by atoms with Gasteiger partial charge >= 0.3 is 0 Å². The highest BCUT2D eigenvalue weighted by Gasteiger charge is 2.12. The smallest absolute Gasteiger partial charge is 0.226 e. The number of amides is 1. The van der Waals surface area contributed by atoms with Crippen molar-refractivity contribution in [3.63, 3.8) is 0 Å². The molecule has 2 N–H and O–H groups in total. The number of hydrogen-bond donors (Lipinski definition) is 2. The molecule has 1 aromatic carbocycles. The second-order valence-electron chi connectivity index (χ2n) is 5.55. The number of imidazole rings is 1. The van der Waals surface area contributed by atoms with Crippen LogP contribution in [0.15, 0.2) is 54.9 Å². The van der Waals surface area contributed by atoms with Gasteiger partial charge < -0.3 is 14.8 Å². The van der Waals surface area contributed by atoms with Crippen molar-refractivity contribution in [3.8, 4) is 0 Å². The van der Waals surface area contributed by atoms with Crippen LogP contribution in [0.3, 0.4) is 0 Å². The number of aryl methyl sites for hydroxylation is 1. The Labute approximate surface area is 134 Å². The average Bonchev–Trinajstić information content (AvgIpc) is 2.95. The minimum Gasteiger partial charge on any atom is -0.387 e. The van der Waals surface area contributed by atoms with Gasteiger partial charge in [0, 0.05) is 18.9 Å². The Morgan fingerprint density at radius 2 is 2.04 bits per heavy atom. The Hall–Kier alpha value is -2.66. The fourth-order valence-corrected chi connectivity index (χ4v) is 2.58. The predicted octanol–water partition coefficient (Wildman–Crippen LogP) is 2.04. The lowest BCUT2D eigenvalue weighted by atomic mass is 10.0. The third-order valence-electron chi connectivity index (χ3n) is 3.80. The third-order valence-corrected chi connectivity index (χ3v) is 3.80. The van der Waals surface area contributed by atoms with E-state index in [0.717, 1.165) is 16.8 Å². The first-order valence-electron chi connectivity index (χ1n) is 7.56. The minimum absolute atomic E-state index is 0.152. The van der Waals surface area contributed by atoms with Crippen LogP contribution in [0.4, 0.5) is 0 Å². The maximum atomic E-state index is 12.0. The van der Waals surface area contributed by atoms with Crippen molar-refractivity contribution in [1.29, 1.82) is 0 Å². The van der Waals surface area contributed by atoms with Crippen LogP contribution in [0, 0.1) is 6.92 Å². The van der Waals surface area contributed by atoms with Crippen molar-refractivity contribution in [1.82, 2.24) is 14.7 Å². The van der Waals surface area contributed by atoms with Crippen LogP contribution in [-0.4, -0.2) is 26.9 Å². The van der Waals surface area contributed by atoms with E-state index in [-0.39, 0.29) is 18.9 Å². The van der Waals surface area contributed by atoms with E-state index in [4.69, 9.17) is 0 Å². The van der Waals surface area contributed by atoms with Crippen molar-refractivity contribution < 1.29 is 9.90 Å². The van der Waals surface area contributed by atoms with Gasteiger partial charge in [-0.2, -0.15) is 0 Å². The van der Waals surface area contributed by atoms with E-state index < -0.39 is 6.10 Å². The molecule has 23 heavy (non-hydrogen) atoms. The molecule has 0 radical (unpaired) electrons. The van der Waals surface area contributed by atoms with Gasteiger partial charge in [-0.15, -0.1) is 0 Å². The van der Waals surface area contributed by atoms with Crippen LogP contribution in [-0.2, 0) is 11.2 Å². The molecule has 5 nitrogen and oxygen atoms in total. The molecule has 1 unspecified atom stereocenters. The lowest BCUT2D eigenvalue weighted by Gasteiger charge is -2.14. The Balaban J connectivity index is 1.58. The standard InChI is InChI=1S/C18H19N3O2/c1-13-6-2-3-7-15(13)16(22)11-19-18(23)10-14-12-21-9-5-4-8-17(21)20-14/h2-9,12,16,22H,10-11H2,1H3,(H,19,23). The number of fused-ring (bicyclic) bond motifs is 1. The zero-order valence-electron chi connectivity index (χ0n) is 12.9. The van der Waals surface area contributed by atoms with E-state index in [0.29, 0.717) is 5.69 Å². The fourth-order valence-electron chi connectivity index (χ4n) is 2.58. The quantitative estimate of drug-likeness (QED) is 0.758. The summed E-state index contributed by atoms with van der Waals surface area (Å²) in [4.78, 5) is 16.4. The summed E-state index contributed by atoms with van der Waals surface area (Å²) in [6.07, 6.45) is 3.22. The molecule has 3 rings (SSSR count). The Kier molecular flexibility index (Phi) is 4.39. The molecule has 0 aliphatic heterocycles. The molecule has 0 fully saturated rings. The second-order valence-corrected chi connectivity index (χ2v) is 5.55. The number of nitrogens with zero attached hydrogens (tertiary/aromatic N) is 2. The summed E-state index contributed by atoms with van der Waals surface area (Å²) >= 11 is 0. The summed E-state index contributed by atoms with van der Waals surface area (Å²) in [6.45, 7) is 2.13. The molecular formula is C18H19N3O2.